The second-order valence-corrected chi connectivity index (χ2v) is 6.35. The Balaban J connectivity index is 2.12. The van der Waals surface area contributed by atoms with Crippen LogP contribution in [-0.4, -0.2) is 32.2 Å². The number of aryl methyl sites for hydroxylation is 1. The Bertz CT molecular complexity index is 507. The molecule has 0 atom stereocenters. The molecule has 18 heavy (non-hydrogen) atoms. The quantitative estimate of drug-likeness (QED) is 0.844. The summed E-state index contributed by atoms with van der Waals surface area (Å²) in [6, 6.07) is 6.56. The van der Waals surface area contributed by atoms with Crippen molar-refractivity contribution in [3.8, 4) is 0 Å². The smallest absolute Gasteiger partial charge is 0.210 e. The summed E-state index contributed by atoms with van der Waals surface area (Å²) in [6.45, 7) is 1.80. The van der Waals surface area contributed by atoms with Crippen molar-refractivity contribution in [2.24, 2.45) is 5.92 Å². The van der Waals surface area contributed by atoms with Crippen LogP contribution >= 0.6 is 0 Å². The maximum Gasteiger partial charge on any atom is 0.243 e. The van der Waals surface area contributed by atoms with Crippen molar-refractivity contribution >= 4 is 10.0 Å². The Labute approximate surface area is 105 Å². The highest BCUT2D eigenvalue weighted by molar-refractivity contribution is 7.89. The summed E-state index contributed by atoms with van der Waals surface area (Å²) in [4.78, 5) is 0.174. The van der Waals surface area contributed by atoms with Gasteiger partial charge in [-0.15, -0.1) is 0 Å². The molecule has 1 fully saturated rings. The van der Waals surface area contributed by atoms with E-state index in [0.717, 1.165) is 16.3 Å². The lowest BCUT2D eigenvalue weighted by Crippen LogP contribution is -2.52. The van der Waals surface area contributed by atoms with Gasteiger partial charge in [0, 0.05) is 19.0 Å². The molecule has 1 heterocycles. The van der Waals surface area contributed by atoms with Gasteiger partial charge in [-0.25, -0.2) is 17.2 Å². The van der Waals surface area contributed by atoms with Crippen molar-refractivity contribution in [1.29, 1.82) is 0 Å². The summed E-state index contributed by atoms with van der Waals surface area (Å²) in [7, 11) is -3.59. The molecule has 0 amide bonds. The first-order valence-corrected chi connectivity index (χ1v) is 7.26. The minimum Gasteiger partial charge on any atom is -0.210 e. The highest BCUT2D eigenvalue weighted by Gasteiger charge is 2.41. The standard InChI is InChI=1S/C12H15F2NO2S/c1-2-9-3-5-11(6-4-9)18(16,17)15-7-10(8-15)12(13)14/h3-6,10,12H,2,7-8H2,1H3. The third kappa shape index (κ3) is 2.40. The maximum atomic E-state index is 12.3. The van der Waals surface area contributed by atoms with Crippen LogP contribution in [0.3, 0.4) is 0 Å². The fraction of sp³-hybridized carbons (Fsp3) is 0.500. The minimum atomic E-state index is -3.59. The zero-order chi connectivity index (χ0) is 13.3. The predicted molar refractivity (Wildman–Crippen MR) is 64.1 cm³/mol. The van der Waals surface area contributed by atoms with E-state index in [2.05, 4.69) is 0 Å². The van der Waals surface area contributed by atoms with Crippen molar-refractivity contribution < 1.29 is 17.2 Å². The highest BCUT2D eigenvalue weighted by Crippen LogP contribution is 2.28. The lowest BCUT2D eigenvalue weighted by atomic mass is 10.1. The average Bonchev–Trinajstić information content (AvgIpc) is 2.26. The molecule has 0 radical (unpaired) electrons. The van der Waals surface area contributed by atoms with Gasteiger partial charge < -0.3 is 0 Å². The minimum absolute atomic E-state index is 0.0878. The monoisotopic (exact) mass is 275 g/mol. The number of alkyl halides is 2. The number of hydrogen-bond donors (Lipinski definition) is 0. The van der Waals surface area contributed by atoms with Crippen LogP contribution in [0.1, 0.15) is 12.5 Å². The molecule has 1 aliphatic heterocycles. The second kappa shape index (κ2) is 4.93. The first kappa shape index (κ1) is 13.4. The van der Waals surface area contributed by atoms with Gasteiger partial charge in [0.05, 0.1) is 4.90 Å². The van der Waals surface area contributed by atoms with Gasteiger partial charge in [-0.3, -0.25) is 0 Å². The van der Waals surface area contributed by atoms with Gasteiger partial charge in [0.25, 0.3) is 0 Å². The third-order valence-corrected chi connectivity index (χ3v) is 5.05. The number of sulfonamides is 1. The fourth-order valence-corrected chi connectivity index (χ4v) is 3.43. The Hall–Kier alpha value is -1.01. The summed E-state index contributed by atoms with van der Waals surface area (Å²) in [5, 5.41) is 0. The van der Waals surface area contributed by atoms with E-state index in [4.69, 9.17) is 0 Å². The van der Waals surface area contributed by atoms with Crippen LogP contribution in [0.5, 0.6) is 0 Å². The molecule has 2 rings (SSSR count). The van der Waals surface area contributed by atoms with Crippen molar-refractivity contribution in [2.45, 2.75) is 24.7 Å². The van der Waals surface area contributed by atoms with E-state index >= 15 is 0 Å². The van der Waals surface area contributed by atoms with E-state index in [0.29, 0.717) is 0 Å². The lowest BCUT2D eigenvalue weighted by Gasteiger charge is -2.37. The zero-order valence-electron chi connectivity index (χ0n) is 10.0. The Morgan fingerprint density at radius 1 is 1.28 bits per heavy atom. The molecule has 3 nitrogen and oxygen atoms in total. The van der Waals surface area contributed by atoms with Gasteiger partial charge in [-0.05, 0) is 24.1 Å². The molecule has 1 saturated heterocycles. The zero-order valence-corrected chi connectivity index (χ0v) is 10.8. The summed E-state index contributed by atoms with van der Waals surface area (Å²) in [5.74, 6) is -0.824. The van der Waals surface area contributed by atoms with Crippen LogP contribution in [0.15, 0.2) is 29.2 Å². The van der Waals surface area contributed by atoms with E-state index < -0.39 is 22.4 Å². The molecule has 1 aliphatic rings. The summed E-state index contributed by atoms with van der Waals surface area (Å²) < 4.78 is 49.9. The molecule has 0 aliphatic carbocycles. The molecule has 0 bridgehead atoms. The molecule has 0 spiro atoms. The first-order chi connectivity index (χ1) is 8.45. The molecule has 0 aromatic heterocycles. The second-order valence-electron chi connectivity index (χ2n) is 4.41. The molecule has 1 aromatic rings. The van der Waals surface area contributed by atoms with Crippen molar-refractivity contribution in [2.75, 3.05) is 13.1 Å². The molecule has 6 heteroatoms. The summed E-state index contributed by atoms with van der Waals surface area (Å²) in [6.07, 6.45) is -1.61. The molecule has 100 valence electrons. The van der Waals surface area contributed by atoms with E-state index in [9.17, 15) is 17.2 Å². The molecule has 0 saturated carbocycles. The van der Waals surface area contributed by atoms with Crippen LogP contribution in [-0.2, 0) is 16.4 Å². The number of benzene rings is 1. The number of halogens is 2. The van der Waals surface area contributed by atoms with Crippen molar-refractivity contribution in [1.82, 2.24) is 4.31 Å². The van der Waals surface area contributed by atoms with Gasteiger partial charge in [0.2, 0.25) is 16.4 Å². The highest BCUT2D eigenvalue weighted by atomic mass is 32.2. The van der Waals surface area contributed by atoms with E-state index in [1.807, 2.05) is 6.92 Å². The van der Waals surface area contributed by atoms with Gasteiger partial charge in [-0.1, -0.05) is 19.1 Å². The van der Waals surface area contributed by atoms with Gasteiger partial charge in [0.1, 0.15) is 0 Å². The first-order valence-electron chi connectivity index (χ1n) is 5.82. The molecule has 1 aromatic carbocycles. The van der Waals surface area contributed by atoms with Crippen LogP contribution in [0.25, 0.3) is 0 Å². The summed E-state index contributed by atoms with van der Waals surface area (Å²) in [5.41, 5.74) is 1.04. The van der Waals surface area contributed by atoms with Gasteiger partial charge >= 0.3 is 0 Å². The Morgan fingerprint density at radius 3 is 2.28 bits per heavy atom. The molecule has 0 unspecified atom stereocenters. The normalized spacial score (nSPS) is 18.0. The lowest BCUT2D eigenvalue weighted by molar-refractivity contribution is 0.0123. The predicted octanol–water partition coefficient (Wildman–Crippen LogP) is 2.13. The molecular formula is C12H15F2NO2S. The Kier molecular flexibility index (Phi) is 3.68. The van der Waals surface area contributed by atoms with Crippen LogP contribution in [0.4, 0.5) is 8.78 Å². The average molecular weight is 275 g/mol. The van der Waals surface area contributed by atoms with E-state index in [-0.39, 0.29) is 18.0 Å². The SMILES string of the molecule is CCc1ccc(S(=O)(=O)N2CC(C(F)F)C2)cc1. The Morgan fingerprint density at radius 2 is 1.83 bits per heavy atom. The number of nitrogens with zero attached hydrogens (tertiary/aromatic N) is 1. The van der Waals surface area contributed by atoms with Crippen LogP contribution in [0.2, 0.25) is 0 Å². The summed E-state index contributed by atoms with van der Waals surface area (Å²) >= 11 is 0. The van der Waals surface area contributed by atoms with Gasteiger partial charge in [0.15, 0.2) is 0 Å². The van der Waals surface area contributed by atoms with E-state index in [1.54, 1.807) is 12.1 Å². The molecular weight excluding hydrogens is 260 g/mol. The number of rotatable bonds is 4. The van der Waals surface area contributed by atoms with Crippen molar-refractivity contribution in [3.05, 3.63) is 29.8 Å². The number of hydrogen-bond acceptors (Lipinski definition) is 2. The van der Waals surface area contributed by atoms with Crippen LogP contribution < -0.4 is 0 Å². The molecule has 0 N–H and O–H groups in total. The maximum absolute atomic E-state index is 12.3. The van der Waals surface area contributed by atoms with Gasteiger partial charge in [-0.2, -0.15) is 4.31 Å². The van der Waals surface area contributed by atoms with E-state index in [1.165, 1.54) is 12.1 Å². The third-order valence-electron chi connectivity index (χ3n) is 3.20. The van der Waals surface area contributed by atoms with Crippen molar-refractivity contribution in [3.63, 3.8) is 0 Å². The topological polar surface area (TPSA) is 37.4 Å². The van der Waals surface area contributed by atoms with Crippen LogP contribution in [0, 0.1) is 5.92 Å². The largest absolute Gasteiger partial charge is 0.243 e. The fourth-order valence-electron chi connectivity index (χ4n) is 1.87.